The first-order valence-electron chi connectivity index (χ1n) is 13.5. The van der Waals surface area contributed by atoms with Gasteiger partial charge in [-0.3, -0.25) is 38.0 Å². The van der Waals surface area contributed by atoms with E-state index >= 15 is 0 Å². The highest BCUT2D eigenvalue weighted by Gasteiger charge is 2.33. The van der Waals surface area contributed by atoms with E-state index < -0.39 is 33.7 Å². The highest BCUT2D eigenvalue weighted by molar-refractivity contribution is 7.71. The molecule has 3 rings (SSSR count). The maximum atomic E-state index is 13.7. The van der Waals surface area contributed by atoms with E-state index in [2.05, 4.69) is 19.2 Å². The second-order valence-electron chi connectivity index (χ2n) is 8.87. The summed E-state index contributed by atoms with van der Waals surface area (Å²) in [6.07, 6.45) is 0. The maximum absolute atomic E-state index is 13.7. The third-order valence-corrected chi connectivity index (χ3v) is 7.53. The molecule has 0 fully saturated rings. The van der Waals surface area contributed by atoms with Gasteiger partial charge in [0.15, 0.2) is 9.54 Å². The second-order valence-corrected chi connectivity index (χ2v) is 9.60. The minimum atomic E-state index is -1.27. The minimum Gasteiger partial charge on any atom is -0.494 e. The predicted molar refractivity (Wildman–Crippen MR) is 163 cm³/mol. The Bertz CT molecular complexity index is 1530. The molecule has 3 aromatic rings. The van der Waals surface area contributed by atoms with Crippen LogP contribution in [0.4, 0.5) is 5.69 Å². The fourth-order valence-electron chi connectivity index (χ4n) is 4.57. The van der Waals surface area contributed by atoms with Crippen LogP contribution < -0.4 is 16.4 Å². The Balaban J connectivity index is 0.00000108. The molecular weight excluding hydrogens is 568 g/mol. The number of nitrogens with one attached hydrogen (secondary N) is 1. The van der Waals surface area contributed by atoms with Gasteiger partial charge >= 0.3 is 0 Å². The molecule has 0 saturated heterocycles. The average molecular weight is 607 g/mol. The topological polar surface area (TPSA) is 149 Å². The zero-order chi connectivity index (χ0) is 31.0. The van der Waals surface area contributed by atoms with Crippen molar-refractivity contribution in [1.82, 2.24) is 23.6 Å². The predicted octanol–water partition coefficient (Wildman–Crippen LogP) is 4.27. The van der Waals surface area contributed by atoms with Crippen molar-refractivity contribution >= 4 is 30.1 Å². The number of hydrogen-bond donors (Lipinski definition) is 3. The van der Waals surface area contributed by atoms with Crippen molar-refractivity contribution in [2.75, 3.05) is 13.1 Å². The van der Waals surface area contributed by atoms with Gasteiger partial charge in [0.2, 0.25) is 11.8 Å². The quantitative estimate of drug-likeness (QED) is 0.175. The van der Waals surface area contributed by atoms with Crippen LogP contribution in [0, 0.1) is 19.7 Å². The van der Waals surface area contributed by atoms with E-state index in [-0.39, 0.29) is 58.1 Å². The van der Waals surface area contributed by atoms with Crippen molar-refractivity contribution < 1.29 is 15.1 Å². The van der Waals surface area contributed by atoms with Gasteiger partial charge in [-0.25, -0.2) is 0 Å². The Kier molecular flexibility index (Phi) is 12.2. The molecule has 0 saturated carbocycles. The van der Waals surface area contributed by atoms with Crippen LogP contribution in [0.1, 0.15) is 64.2 Å². The molecule has 1 aromatic carbocycles. The molecule has 224 valence electrons. The smallest absolute Gasteiger partial charge is 0.269 e. The molecule has 41 heavy (non-hydrogen) atoms. The third-order valence-electron chi connectivity index (χ3n) is 6.65. The fraction of sp³-hybridized carbons (Fsp3) is 0.481. The lowest BCUT2D eigenvalue weighted by Gasteiger charge is -2.24. The second kappa shape index (κ2) is 14.8. The fourth-order valence-corrected chi connectivity index (χ4v) is 5.42. The van der Waals surface area contributed by atoms with E-state index in [0.29, 0.717) is 0 Å². The largest absolute Gasteiger partial charge is 0.494 e. The first-order valence-corrected chi connectivity index (χ1v) is 14.4. The molecule has 0 amide bonds. The number of nitro groups is 1. The molecule has 3 N–H and O–H groups in total. The summed E-state index contributed by atoms with van der Waals surface area (Å²) in [7, 11) is 0. The average Bonchev–Trinajstić information content (AvgIpc) is 2.94. The third kappa shape index (κ3) is 6.66. The summed E-state index contributed by atoms with van der Waals surface area (Å²) >= 11 is 10.8. The lowest BCUT2D eigenvalue weighted by molar-refractivity contribution is -0.384. The van der Waals surface area contributed by atoms with Crippen molar-refractivity contribution in [2.45, 2.75) is 73.6 Å². The number of aromatic hydroxyl groups is 2. The Morgan fingerprint density at radius 2 is 1.12 bits per heavy atom. The normalized spacial score (nSPS) is 10.9. The molecule has 0 bridgehead atoms. The van der Waals surface area contributed by atoms with Gasteiger partial charge in [0, 0.05) is 38.3 Å². The molecule has 2 heterocycles. The highest BCUT2D eigenvalue weighted by Crippen LogP contribution is 2.38. The number of hydrogen-bond acceptors (Lipinski definition) is 9. The minimum absolute atomic E-state index is 0.105. The number of nitrogens with zero attached hydrogens (tertiary/aromatic N) is 5. The first-order chi connectivity index (χ1) is 19.5. The van der Waals surface area contributed by atoms with Crippen molar-refractivity contribution in [3.8, 4) is 11.8 Å². The summed E-state index contributed by atoms with van der Waals surface area (Å²) in [5.41, 5.74) is -1.56. The number of nitro benzene ring substituents is 1. The molecule has 2 aromatic heterocycles. The molecule has 14 heteroatoms. The summed E-state index contributed by atoms with van der Waals surface area (Å²) in [4.78, 5) is 38.0. The molecule has 12 nitrogen and oxygen atoms in total. The molecule has 0 unspecified atom stereocenters. The standard InChI is InChI=1S/C23H27N5O6S2.C4H11N/c1-5-24-18(29)16(19(30)25(6-2)22(24)35)15(13-9-11-14(12-10-13)28(33)34)17-20(31)26(7-3)23(36)27(8-4)21(17)32;1-3-5-4-2/h9-12,15,29,31H,5-8H2,1-4H3;5H,3-4H2,1-2H3. The first kappa shape index (κ1) is 33.6. The van der Waals surface area contributed by atoms with Crippen molar-refractivity contribution in [1.29, 1.82) is 0 Å². The van der Waals surface area contributed by atoms with Gasteiger partial charge < -0.3 is 15.5 Å². The highest BCUT2D eigenvalue weighted by atomic mass is 32.1. The Morgan fingerprint density at radius 1 is 0.756 bits per heavy atom. The maximum Gasteiger partial charge on any atom is 0.269 e. The number of aromatic nitrogens is 4. The van der Waals surface area contributed by atoms with E-state index in [1.54, 1.807) is 27.7 Å². The number of benzene rings is 1. The van der Waals surface area contributed by atoms with Gasteiger partial charge in [0.05, 0.1) is 22.0 Å². The zero-order valence-corrected chi connectivity index (χ0v) is 25.8. The van der Waals surface area contributed by atoms with Crippen LogP contribution in [-0.4, -0.2) is 46.5 Å². The molecule has 0 spiro atoms. The number of rotatable bonds is 10. The van der Waals surface area contributed by atoms with Crippen molar-refractivity contribution in [2.24, 2.45) is 0 Å². The van der Waals surface area contributed by atoms with Gasteiger partial charge in [-0.15, -0.1) is 0 Å². The van der Waals surface area contributed by atoms with E-state index in [0.717, 1.165) is 13.1 Å². The Hall–Kier alpha value is -3.62. The number of non-ortho nitro benzene ring substituents is 1. The molecule has 0 aliphatic carbocycles. The van der Waals surface area contributed by atoms with Crippen LogP contribution in [0.25, 0.3) is 0 Å². The molecule has 0 radical (unpaired) electrons. The van der Waals surface area contributed by atoms with Crippen LogP contribution in [0.5, 0.6) is 11.8 Å². The van der Waals surface area contributed by atoms with Gasteiger partial charge in [0.25, 0.3) is 16.8 Å². The van der Waals surface area contributed by atoms with Crippen LogP contribution in [0.15, 0.2) is 33.9 Å². The van der Waals surface area contributed by atoms with Gasteiger partial charge in [0.1, 0.15) is 0 Å². The van der Waals surface area contributed by atoms with E-state index in [1.807, 2.05) is 0 Å². The molecular formula is C27H38N6O6S2. The molecule has 0 aliphatic rings. The Morgan fingerprint density at radius 3 is 1.39 bits per heavy atom. The van der Waals surface area contributed by atoms with Crippen LogP contribution in [-0.2, 0) is 26.2 Å². The Labute approximate surface area is 248 Å². The SMILES string of the molecule is CCNCC.CCn1c(O)c(C(c2ccc([N+](=O)[O-])cc2)c2c(O)n(CC)c(=S)n(CC)c2=O)c(=O)n(CC)c1=S. The van der Waals surface area contributed by atoms with E-state index in [9.17, 15) is 29.9 Å². The van der Waals surface area contributed by atoms with Gasteiger partial charge in [-0.2, -0.15) is 0 Å². The molecule has 0 aliphatic heterocycles. The van der Waals surface area contributed by atoms with Gasteiger partial charge in [-0.1, -0.05) is 26.0 Å². The summed E-state index contributed by atoms with van der Waals surface area (Å²) in [6.45, 7) is 14.2. The van der Waals surface area contributed by atoms with E-state index in [1.165, 1.54) is 42.5 Å². The van der Waals surface area contributed by atoms with Crippen molar-refractivity contribution in [3.05, 3.63) is 81.3 Å². The van der Waals surface area contributed by atoms with Crippen LogP contribution >= 0.6 is 24.4 Å². The van der Waals surface area contributed by atoms with Crippen LogP contribution in [0.3, 0.4) is 0 Å². The lowest BCUT2D eigenvalue weighted by atomic mass is 9.86. The molecule has 0 atom stereocenters. The lowest BCUT2D eigenvalue weighted by Crippen LogP contribution is -2.34. The van der Waals surface area contributed by atoms with Gasteiger partial charge in [-0.05, 0) is 70.8 Å². The monoisotopic (exact) mass is 606 g/mol. The van der Waals surface area contributed by atoms with E-state index in [4.69, 9.17) is 24.4 Å². The summed E-state index contributed by atoms with van der Waals surface area (Å²) < 4.78 is 5.51. The summed E-state index contributed by atoms with van der Waals surface area (Å²) in [5, 5.41) is 36.9. The van der Waals surface area contributed by atoms with Crippen molar-refractivity contribution in [3.63, 3.8) is 0 Å². The summed E-state index contributed by atoms with van der Waals surface area (Å²) in [6, 6.07) is 5.25. The van der Waals surface area contributed by atoms with Crippen LogP contribution in [0.2, 0.25) is 0 Å². The summed E-state index contributed by atoms with van der Waals surface area (Å²) in [5.74, 6) is -2.18. The zero-order valence-electron chi connectivity index (χ0n) is 24.2.